The summed E-state index contributed by atoms with van der Waals surface area (Å²) in [5, 5.41) is 17.2. The summed E-state index contributed by atoms with van der Waals surface area (Å²) < 4.78 is 5.52. The number of para-hydroxylation sites is 1. The highest BCUT2D eigenvalue weighted by Crippen LogP contribution is 2.37. The minimum Gasteiger partial charge on any atom is -0.484 e. The molecule has 112 valence electrons. The Labute approximate surface area is 126 Å². The Morgan fingerprint density at radius 1 is 1.38 bits per heavy atom. The molecule has 1 aromatic carbocycles. The van der Waals surface area contributed by atoms with E-state index in [1.165, 1.54) is 11.3 Å². The van der Waals surface area contributed by atoms with Crippen molar-refractivity contribution in [1.82, 2.24) is 4.98 Å². The molecule has 0 saturated heterocycles. The molecule has 1 atom stereocenters. The molecule has 2 aromatic rings. The van der Waals surface area contributed by atoms with Crippen molar-refractivity contribution in [3.63, 3.8) is 0 Å². The monoisotopic (exact) mass is 307 g/mol. The summed E-state index contributed by atoms with van der Waals surface area (Å²) in [6.45, 7) is 5.59. The Morgan fingerprint density at radius 3 is 2.71 bits per heavy atom. The highest BCUT2D eigenvalue weighted by Gasteiger charge is 2.23. The zero-order valence-electron chi connectivity index (χ0n) is 12.1. The lowest BCUT2D eigenvalue weighted by atomic mass is 10.2. The molecule has 0 spiro atoms. The van der Waals surface area contributed by atoms with Crippen LogP contribution in [-0.4, -0.2) is 16.0 Å². The highest BCUT2D eigenvalue weighted by atomic mass is 32.1. The second-order valence-corrected chi connectivity index (χ2v) is 5.74. The van der Waals surface area contributed by atoms with Gasteiger partial charge in [0.25, 0.3) is 0 Å². The fourth-order valence-corrected chi connectivity index (χ4v) is 2.57. The summed E-state index contributed by atoms with van der Waals surface area (Å²) in [6, 6.07) is 4.91. The number of nitrogens with zero attached hydrogens (tertiary/aromatic N) is 2. The van der Waals surface area contributed by atoms with Crippen LogP contribution >= 0.6 is 11.3 Å². The van der Waals surface area contributed by atoms with Crippen molar-refractivity contribution >= 4 is 22.7 Å². The second kappa shape index (κ2) is 6.53. The average Bonchev–Trinajstić information content (AvgIpc) is 2.91. The number of hydrogen-bond acceptors (Lipinski definition) is 6. The summed E-state index contributed by atoms with van der Waals surface area (Å²) in [4.78, 5) is 15.2. The molecule has 1 aromatic heterocycles. The quantitative estimate of drug-likeness (QED) is 0.644. The van der Waals surface area contributed by atoms with Crippen LogP contribution < -0.4 is 10.1 Å². The number of anilines is 1. The van der Waals surface area contributed by atoms with Gasteiger partial charge in [-0.25, -0.2) is 4.98 Å². The molecule has 0 aliphatic carbocycles. The predicted molar refractivity (Wildman–Crippen MR) is 83.0 cm³/mol. The van der Waals surface area contributed by atoms with Crippen LogP contribution in [0, 0.1) is 10.1 Å². The van der Waals surface area contributed by atoms with E-state index < -0.39 is 4.92 Å². The van der Waals surface area contributed by atoms with E-state index in [9.17, 15) is 10.1 Å². The molecule has 7 heteroatoms. The van der Waals surface area contributed by atoms with Crippen LogP contribution in [0.1, 0.15) is 31.8 Å². The lowest BCUT2D eigenvalue weighted by Crippen LogP contribution is -2.11. The SMILES string of the molecule is CC(C)Oc1cccc(NC(C)c2nccs2)c1[N+](=O)[O-]. The fourth-order valence-electron chi connectivity index (χ4n) is 1.92. The van der Waals surface area contributed by atoms with Gasteiger partial charge in [-0.1, -0.05) is 6.07 Å². The number of thiazole rings is 1. The van der Waals surface area contributed by atoms with Crippen molar-refractivity contribution in [1.29, 1.82) is 0 Å². The molecular weight excluding hydrogens is 290 g/mol. The van der Waals surface area contributed by atoms with Gasteiger partial charge in [-0.15, -0.1) is 11.3 Å². The Morgan fingerprint density at radius 2 is 2.14 bits per heavy atom. The van der Waals surface area contributed by atoms with Gasteiger partial charge >= 0.3 is 5.69 Å². The van der Waals surface area contributed by atoms with Crippen molar-refractivity contribution in [2.75, 3.05) is 5.32 Å². The smallest absolute Gasteiger partial charge is 0.333 e. The minimum atomic E-state index is -0.422. The number of nitro groups is 1. The summed E-state index contributed by atoms with van der Waals surface area (Å²) in [6.07, 6.45) is 1.58. The standard InChI is InChI=1S/C14H17N3O3S/c1-9(2)20-12-6-4-5-11(13(12)17(18)19)16-10(3)14-15-7-8-21-14/h4-10,16H,1-3H3. The van der Waals surface area contributed by atoms with Gasteiger partial charge in [0, 0.05) is 11.6 Å². The normalized spacial score (nSPS) is 12.2. The van der Waals surface area contributed by atoms with Gasteiger partial charge in [-0.05, 0) is 32.9 Å². The molecule has 0 radical (unpaired) electrons. The maximum atomic E-state index is 11.4. The van der Waals surface area contributed by atoms with Crippen molar-refractivity contribution in [3.05, 3.63) is 44.9 Å². The molecule has 21 heavy (non-hydrogen) atoms. The number of nitrogens with one attached hydrogen (secondary N) is 1. The first-order valence-corrected chi connectivity index (χ1v) is 7.47. The van der Waals surface area contributed by atoms with Gasteiger partial charge < -0.3 is 10.1 Å². The van der Waals surface area contributed by atoms with Crippen LogP contribution in [0.3, 0.4) is 0 Å². The van der Waals surface area contributed by atoms with Crippen LogP contribution in [0.5, 0.6) is 5.75 Å². The van der Waals surface area contributed by atoms with Gasteiger partial charge in [0.05, 0.1) is 17.1 Å². The zero-order chi connectivity index (χ0) is 15.4. The Balaban J connectivity index is 2.32. The van der Waals surface area contributed by atoms with E-state index in [0.717, 1.165) is 5.01 Å². The lowest BCUT2D eigenvalue weighted by Gasteiger charge is -2.16. The number of benzene rings is 1. The van der Waals surface area contributed by atoms with Gasteiger partial charge in [-0.2, -0.15) is 0 Å². The topological polar surface area (TPSA) is 77.3 Å². The number of ether oxygens (including phenoxy) is 1. The number of hydrogen-bond donors (Lipinski definition) is 1. The second-order valence-electron chi connectivity index (χ2n) is 4.81. The maximum Gasteiger partial charge on any atom is 0.333 e. The Bertz CT molecular complexity index is 614. The molecule has 1 unspecified atom stereocenters. The zero-order valence-corrected chi connectivity index (χ0v) is 12.9. The van der Waals surface area contributed by atoms with Crippen molar-refractivity contribution < 1.29 is 9.66 Å². The molecule has 2 rings (SSSR count). The first-order chi connectivity index (χ1) is 9.99. The van der Waals surface area contributed by atoms with E-state index >= 15 is 0 Å². The first kappa shape index (κ1) is 15.2. The van der Waals surface area contributed by atoms with E-state index in [2.05, 4.69) is 10.3 Å². The Hall–Kier alpha value is -2.15. The third-order valence-corrected chi connectivity index (χ3v) is 3.70. The average molecular weight is 307 g/mol. The highest BCUT2D eigenvalue weighted by molar-refractivity contribution is 7.09. The van der Waals surface area contributed by atoms with E-state index in [4.69, 9.17) is 4.74 Å². The third kappa shape index (κ3) is 3.69. The third-order valence-electron chi connectivity index (χ3n) is 2.74. The predicted octanol–water partition coefficient (Wildman–Crippen LogP) is 4.01. The van der Waals surface area contributed by atoms with Crippen LogP contribution in [0.2, 0.25) is 0 Å². The molecule has 0 fully saturated rings. The van der Waals surface area contributed by atoms with Crippen molar-refractivity contribution in [3.8, 4) is 5.75 Å². The van der Waals surface area contributed by atoms with E-state index in [0.29, 0.717) is 5.69 Å². The molecule has 0 amide bonds. The molecule has 0 bridgehead atoms. The molecule has 6 nitrogen and oxygen atoms in total. The van der Waals surface area contributed by atoms with E-state index in [-0.39, 0.29) is 23.6 Å². The molecule has 1 heterocycles. The number of nitro benzene ring substituents is 1. The summed E-state index contributed by atoms with van der Waals surface area (Å²) in [5.41, 5.74) is 0.385. The van der Waals surface area contributed by atoms with Gasteiger partial charge in [-0.3, -0.25) is 10.1 Å². The largest absolute Gasteiger partial charge is 0.484 e. The fraction of sp³-hybridized carbons (Fsp3) is 0.357. The van der Waals surface area contributed by atoms with Crippen molar-refractivity contribution in [2.45, 2.75) is 32.9 Å². The van der Waals surface area contributed by atoms with Gasteiger partial charge in [0.2, 0.25) is 0 Å². The first-order valence-electron chi connectivity index (χ1n) is 6.59. The van der Waals surface area contributed by atoms with Gasteiger partial charge in [0.15, 0.2) is 5.75 Å². The molecular formula is C14H17N3O3S. The molecule has 0 aliphatic rings. The van der Waals surface area contributed by atoms with E-state index in [1.54, 1.807) is 24.4 Å². The van der Waals surface area contributed by atoms with Crippen molar-refractivity contribution in [2.24, 2.45) is 0 Å². The van der Waals surface area contributed by atoms with Crippen LogP contribution in [0.25, 0.3) is 0 Å². The van der Waals surface area contributed by atoms with Crippen LogP contribution in [0.4, 0.5) is 11.4 Å². The van der Waals surface area contributed by atoms with Crippen LogP contribution in [0.15, 0.2) is 29.8 Å². The summed E-state index contributed by atoms with van der Waals surface area (Å²) in [5.74, 6) is 0.270. The molecule has 0 aliphatic heterocycles. The minimum absolute atomic E-state index is 0.0467. The number of aromatic nitrogens is 1. The summed E-state index contributed by atoms with van der Waals surface area (Å²) >= 11 is 1.50. The Kier molecular flexibility index (Phi) is 4.74. The molecule has 0 saturated carbocycles. The lowest BCUT2D eigenvalue weighted by molar-refractivity contribution is -0.385. The summed E-state index contributed by atoms with van der Waals surface area (Å²) in [7, 11) is 0. The van der Waals surface area contributed by atoms with Crippen LogP contribution in [-0.2, 0) is 0 Å². The van der Waals surface area contributed by atoms with E-state index in [1.807, 2.05) is 26.2 Å². The van der Waals surface area contributed by atoms with Gasteiger partial charge in [0.1, 0.15) is 10.7 Å². The number of rotatable bonds is 6. The maximum absolute atomic E-state index is 11.4. The molecule has 1 N–H and O–H groups in total.